The predicted molar refractivity (Wildman–Crippen MR) is 81.7 cm³/mol. The van der Waals surface area contributed by atoms with Crippen molar-refractivity contribution in [1.82, 2.24) is 9.88 Å². The number of likely N-dealkylation sites (tertiary alicyclic amines) is 1. The molecule has 1 aromatic rings. The summed E-state index contributed by atoms with van der Waals surface area (Å²) in [5.41, 5.74) is 1.52. The first-order valence-electron chi connectivity index (χ1n) is 6.84. The first-order chi connectivity index (χ1) is 9.47. The Morgan fingerprint density at radius 1 is 1.50 bits per heavy atom. The number of aromatic nitrogens is 1. The lowest BCUT2D eigenvalue weighted by atomic mass is 9.92. The second-order valence-electron chi connectivity index (χ2n) is 5.26. The Balaban J connectivity index is 1.93. The fourth-order valence-corrected chi connectivity index (χ4v) is 2.84. The molecule has 110 valence electrons. The molecule has 0 aromatic carbocycles. The Morgan fingerprint density at radius 3 is 2.70 bits per heavy atom. The number of halogens is 1. The van der Waals surface area contributed by atoms with Gasteiger partial charge in [0.2, 0.25) is 0 Å². The van der Waals surface area contributed by atoms with E-state index in [4.69, 9.17) is 0 Å². The van der Waals surface area contributed by atoms with Gasteiger partial charge in [-0.15, -0.1) is 0 Å². The molecule has 2 N–H and O–H groups in total. The molecule has 1 aliphatic rings. The molecule has 1 aliphatic heterocycles. The third kappa shape index (κ3) is 3.70. The van der Waals surface area contributed by atoms with Crippen LogP contribution in [0, 0.1) is 12.8 Å². The van der Waals surface area contributed by atoms with Crippen molar-refractivity contribution in [2.24, 2.45) is 5.92 Å². The van der Waals surface area contributed by atoms with E-state index in [9.17, 15) is 9.90 Å². The average molecular weight is 342 g/mol. The topological polar surface area (TPSA) is 65.5 Å². The maximum Gasteiger partial charge on any atom is 0.321 e. The molecular weight excluding hydrogens is 322 g/mol. The summed E-state index contributed by atoms with van der Waals surface area (Å²) in [6.07, 6.45) is 1.41. The minimum absolute atomic E-state index is 0.0961. The molecule has 0 saturated carbocycles. The lowest BCUT2D eigenvalue weighted by Crippen LogP contribution is -2.42. The smallest absolute Gasteiger partial charge is 0.321 e. The zero-order valence-corrected chi connectivity index (χ0v) is 13.4. The van der Waals surface area contributed by atoms with Gasteiger partial charge in [-0.05, 0) is 60.7 Å². The van der Waals surface area contributed by atoms with E-state index in [0.717, 1.165) is 28.8 Å². The molecule has 2 heterocycles. The number of hydrogen-bond donors (Lipinski definition) is 2. The summed E-state index contributed by atoms with van der Waals surface area (Å²) in [6, 6.07) is 3.55. The van der Waals surface area contributed by atoms with E-state index < -0.39 is 0 Å². The number of aryl methyl sites for hydroxylation is 1. The Hall–Kier alpha value is -1.14. The molecule has 2 rings (SSSR count). The van der Waals surface area contributed by atoms with E-state index in [2.05, 4.69) is 26.2 Å². The molecule has 1 saturated heterocycles. The van der Waals surface area contributed by atoms with Crippen LogP contribution in [0.2, 0.25) is 0 Å². The molecule has 0 bridgehead atoms. The van der Waals surface area contributed by atoms with Crippen LogP contribution in [0.25, 0.3) is 0 Å². The second-order valence-corrected chi connectivity index (χ2v) is 6.07. The first kappa shape index (κ1) is 15.3. The van der Waals surface area contributed by atoms with E-state index in [1.807, 2.05) is 26.0 Å². The quantitative estimate of drug-likeness (QED) is 0.813. The van der Waals surface area contributed by atoms with Crippen molar-refractivity contribution < 1.29 is 9.90 Å². The van der Waals surface area contributed by atoms with Gasteiger partial charge in [0.25, 0.3) is 0 Å². The van der Waals surface area contributed by atoms with Gasteiger partial charge in [0.15, 0.2) is 0 Å². The molecule has 1 fully saturated rings. The van der Waals surface area contributed by atoms with E-state index in [0.29, 0.717) is 19.0 Å². The number of aliphatic hydroxyl groups is 1. The first-order valence-corrected chi connectivity index (χ1v) is 7.64. The molecule has 0 aliphatic carbocycles. The van der Waals surface area contributed by atoms with Crippen LogP contribution in [0.1, 0.15) is 25.5 Å². The molecule has 1 atom stereocenters. The fraction of sp³-hybridized carbons (Fsp3) is 0.571. The van der Waals surface area contributed by atoms with Crippen LogP contribution in [-0.4, -0.2) is 40.2 Å². The maximum absolute atomic E-state index is 12.2. The van der Waals surface area contributed by atoms with Gasteiger partial charge in [-0.1, -0.05) is 0 Å². The van der Waals surface area contributed by atoms with Crippen LogP contribution in [0.15, 0.2) is 16.7 Å². The average Bonchev–Trinajstić information content (AvgIpc) is 2.42. The van der Waals surface area contributed by atoms with Gasteiger partial charge >= 0.3 is 6.03 Å². The summed E-state index contributed by atoms with van der Waals surface area (Å²) in [6.45, 7) is 5.05. The molecule has 1 unspecified atom stereocenters. The van der Waals surface area contributed by atoms with Crippen LogP contribution in [0.4, 0.5) is 10.5 Å². The second kappa shape index (κ2) is 6.54. The number of urea groups is 1. The molecule has 5 nitrogen and oxygen atoms in total. The van der Waals surface area contributed by atoms with E-state index in [-0.39, 0.29) is 12.1 Å². The number of carbonyl (C=O) groups is 1. The Kier molecular flexibility index (Phi) is 4.99. The molecule has 20 heavy (non-hydrogen) atoms. The number of nitrogens with one attached hydrogen (secondary N) is 1. The van der Waals surface area contributed by atoms with Gasteiger partial charge in [0.05, 0.1) is 17.5 Å². The number of piperidine rings is 1. The Morgan fingerprint density at radius 2 is 2.15 bits per heavy atom. The van der Waals surface area contributed by atoms with Crippen molar-refractivity contribution in [1.29, 1.82) is 0 Å². The van der Waals surface area contributed by atoms with Gasteiger partial charge in [0.1, 0.15) is 4.60 Å². The van der Waals surface area contributed by atoms with E-state index in [1.165, 1.54) is 0 Å². The molecule has 1 aromatic heterocycles. The lowest BCUT2D eigenvalue weighted by molar-refractivity contribution is 0.0820. The van der Waals surface area contributed by atoms with Crippen LogP contribution in [0.5, 0.6) is 0 Å². The van der Waals surface area contributed by atoms with Gasteiger partial charge < -0.3 is 15.3 Å². The lowest BCUT2D eigenvalue weighted by Gasteiger charge is -2.33. The summed E-state index contributed by atoms with van der Waals surface area (Å²) in [5, 5.41) is 12.5. The third-order valence-corrected chi connectivity index (χ3v) is 4.24. The number of amides is 2. The standard InChI is InChI=1S/C14H20BrN3O2/c1-9-12(3-4-13(15)16-9)17-14(20)18-7-5-11(6-8-18)10(2)19/h3-4,10-11,19H,5-8H2,1-2H3,(H,17,20). The molecule has 0 spiro atoms. The molecular formula is C14H20BrN3O2. The minimum atomic E-state index is -0.293. The number of aliphatic hydroxyl groups excluding tert-OH is 1. The summed E-state index contributed by atoms with van der Waals surface area (Å²) in [4.78, 5) is 18.2. The van der Waals surface area contributed by atoms with Crippen LogP contribution >= 0.6 is 15.9 Å². The van der Waals surface area contributed by atoms with Crippen molar-refractivity contribution in [3.8, 4) is 0 Å². The highest BCUT2D eigenvalue weighted by Gasteiger charge is 2.25. The SMILES string of the molecule is Cc1nc(Br)ccc1NC(=O)N1CCC(C(C)O)CC1. The number of anilines is 1. The zero-order chi connectivity index (χ0) is 14.7. The van der Waals surface area contributed by atoms with Gasteiger partial charge in [-0.2, -0.15) is 0 Å². The van der Waals surface area contributed by atoms with Crippen molar-refractivity contribution in [2.75, 3.05) is 18.4 Å². The summed E-state index contributed by atoms with van der Waals surface area (Å²) >= 11 is 3.30. The summed E-state index contributed by atoms with van der Waals surface area (Å²) in [7, 11) is 0. The predicted octanol–water partition coefficient (Wildman–Crippen LogP) is 2.78. The zero-order valence-electron chi connectivity index (χ0n) is 11.8. The number of pyridine rings is 1. The highest BCUT2D eigenvalue weighted by Crippen LogP contribution is 2.22. The molecule has 0 radical (unpaired) electrons. The van der Waals surface area contributed by atoms with Gasteiger partial charge in [-0.3, -0.25) is 0 Å². The molecule has 2 amide bonds. The third-order valence-electron chi connectivity index (χ3n) is 3.80. The molecule has 6 heteroatoms. The Labute approximate surface area is 127 Å². The normalized spacial score (nSPS) is 17.9. The number of nitrogens with zero attached hydrogens (tertiary/aromatic N) is 2. The fourth-order valence-electron chi connectivity index (χ4n) is 2.44. The summed E-state index contributed by atoms with van der Waals surface area (Å²) < 4.78 is 0.755. The minimum Gasteiger partial charge on any atom is -0.393 e. The van der Waals surface area contributed by atoms with E-state index in [1.54, 1.807) is 4.90 Å². The van der Waals surface area contributed by atoms with Crippen molar-refractivity contribution in [3.63, 3.8) is 0 Å². The monoisotopic (exact) mass is 341 g/mol. The highest BCUT2D eigenvalue weighted by atomic mass is 79.9. The van der Waals surface area contributed by atoms with Crippen molar-refractivity contribution in [2.45, 2.75) is 32.8 Å². The summed E-state index contributed by atoms with van der Waals surface area (Å²) in [5.74, 6) is 0.301. The van der Waals surface area contributed by atoms with Gasteiger partial charge in [0, 0.05) is 13.1 Å². The van der Waals surface area contributed by atoms with Crippen molar-refractivity contribution >= 4 is 27.6 Å². The Bertz CT molecular complexity index is 485. The van der Waals surface area contributed by atoms with E-state index >= 15 is 0 Å². The van der Waals surface area contributed by atoms with Crippen LogP contribution in [-0.2, 0) is 0 Å². The number of carbonyl (C=O) groups excluding carboxylic acids is 1. The van der Waals surface area contributed by atoms with Crippen molar-refractivity contribution in [3.05, 3.63) is 22.4 Å². The maximum atomic E-state index is 12.2. The van der Waals surface area contributed by atoms with Crippen LogP contribution < -0.4 is 5.32 Å². The van der Waals surface area contributed by atoms with Crippen LogP contribution in [0.3, 0.4) is 0 Å². The number of rotatable bonds is 2. The highest BCUT2D eigenvalue weighted by molar-refractivity contribution is 9.10. The van der Waals surface area contributed by atoms with Gasteiger partial charge in [-0.25, -0.2) is 9.78 Å². The number of hydrogen-bond acceptors (Lipinski definition) is 3. The largest absolute Gasteiger partial charge is 0.393 e.